The summed E-state index contributed by atoms with van der Waals surface area (Å²) in [6, 6.07) is 16.1. The first-order valence-electron chi connectivity index (χ1n) is 9.45. The minimum absolute atomic E-state index is 0.0193. The molecule has 3 aromatic heterocycles. The van der Waals surface area contributed by atoms with Gasteiger partial charge in [0.25, 0.3) is 5.91 Å². The third-order valence-corrected chi connectivity index (χ3v) is 8.08. The van der Waals surface area contributed by atoms with E-state index in [9.17, 15) is 15.0 Å². The fourth-order valence-electron chi connectivity index (χ4n) is 3.66. The van der Waals surface area contributed by atoms with Gasteiger partial charge in [-0.25, -0.2) is 0 Å². The number of aliphatic hydroxyl groups is 2. The normalized spacial score (nSPS) is 19.4. The van der Waals surface area contributed by atoms with E-state index in [1.165, 1.54) is 34.0 Å². The molecule has 0 saturated heterocycles. The maximum absolute atomic E-state index is 12.9. The molecule has 0 saturated carbocycles. The quantitative estimate of drug-likeness (QED) is 0.469. The second-order valence-electron chi connectivity index (χ2n) is 6.70. The summed E-state index contributed by atoms with van der Waals surface area (Å²) in [6.07, 6.45) is -2.16. The third-order valence-electron chi connectivity index (χ3n) is 5.06. The molecule has 1 aliphatic heterocycles. The molecule has 1 aromatic carbocycles. The van der Waals surface area contributed by atoms with E-state index in [0.717, 1.165) is 14.7 Å². The van der Waals surface area contributed by atoms with E-state index >= 15 is 0 Å². The van der Waals surface area contributed by atoms with E-state index < -0.39 is 17.7 Å². The number of rotatable bonds is 5. The Labute approximate surface area is 181 Å². The number of hydrogen-bond donors (Lipinski definition) is 2. The lowest BCUT2D eigenvalue weighted by Crippen LogP contribution is -2.31. The van der Waals surface area contributed by atoms with Gasteiger partial charge >= 0.3 is 0 Å². The van der Waals surface area contributed by atoms with Gasteiger partial charge in [0, 0.05) is 20.9 Å². The summed E-state index contributed by atoms with van der Waals surface area (Å²) in [5.74, 6) is -0.393. The van der Waals surface area contributed by atoms with E-state index in [1.54, 1.807) is 24.3 Å². The molecule has 4 aromatic rings. The zero-order valence-electron chi connectivity index (χ0n) is 16.1. The fourth-order valence-corrected chi connectivity index (χ4v) is 6.58. The lowest BCUT2D eigenvalue weighted by atomic mass is 9.94. The van der Waals surface area contributed by atoms with E-state index in [0.29, 0.717) is 16.0 Å². The van der Waals surface area contributed by atoms with Crippen molar-refractivity contribution in [3.8, 4) is 0 Å². The Hall–Kier alpha value is -2.29. The van der Waals surface area contributed by atoms with Crippen LogP contribution in [0.15, 0.2) is 70.7 Å². The van der Waals surface area contributed by atoms with Crippen LogP contribution in [0, 0.1) is 0 Å². The predicted molar refractivity (Wildman–Crippen MR) is 116 cm³/mol. The minimum Gasteiger partial charge on any atom is -0.374 e. The molecule has 7 heteroatoms. The summed E-state index contributed by atoms with van der Waals surface area (Å²) in [5, 5.41) is 28.5. The van der Waals surface area contributed by atoms with Gasteiger partial charge in [0.15, 0.2) is 11.8 Å². The van der Waals surface area contributed by atoms with Gasteiger partial charge in [-0.1, -0.05) is 30.3 Å². The van der Waals surface area contributed by atoms with E-state index in [-0.39, 0.29) is 12.1 Å². The number of hydrogen-bond acceptors (Lipinski definition) is 6. The number of benzene rings is 1. The van der Waals surface area contributed by atoms with Crippen LogP contribution in [0.25, 0.3) is 0 Å². The molecule has 29 heavy (non-hydrogen) atoms. The van der Waals surface area contributed by atoms with E-state index in [2.05, 4.69) is 0 Å². The highest BCUT2D eigenvalue weighted by molar-refractivity contribution is 7.13. The number of fused-ring (bicyclic) bond motifs is 1. The monoisotopic (exact) mass is 440 g/mol. The van der Waals surface area contributed by atoms with Crippen LogP contribution in [0.4, 0.5) is 0 Å². The number of amides is 1. The van der Waals surface area contributed by atoms with Gasteiger partial charge in [-0.2, -0.15) is 0 Å². The smallest absolute Gasteiger partial charge is 0.256 e. The zero-order valence-corrected chi connectivity index (χ0v) is 17.6. The largest absolute Gasteiger partial charge is 0.374 e. The number of carbonyl (C=O) groups is 1. The first-order valence-corrected chi connectivity index (χ1v) is 11.6. The van der Waals surface area contributed by atoms with Crippen molar-refractivity contribution < 1.29 is 16.4 Å². The van der Waals surface area contributed by atoms with Crippen molar-refractivity contribution >= 4 is 39.9 Å². The standard InChI is InChI=1S/C22H17NO3S3/c24-20-15-5-1-2-6-16(15)21(25)23(20)13-14-9-12-29-19(14)22(26,17-7-3-10-27-17)18-8-4-11-28-18/h1-12,20,24,26H,13H2/i20D. The SMILES string of the molecule is [2H]C1(O)c2ccccc2C(=O)N1Cc1ccsc1C(O)(c1cccs1)c1cccs1. The van der Waals surface area contributed by atoms with Crippen LogP contribution in [0.2, 0.25) is 0 Å². The molecule has 0 spiro atoms. The summed E-state index contributed by atoms with van der Waals surface area (Å²) >= 11 is 4.33. The Balaban J connectivity index is 1.58. The molecule has 1 atom stereocenters. The van der Waals surface area contributed by atoms with Gasteiger partial charge in [-0.15, -0.1) is 34.0 Å². The summed E-state index contributed by atoms with van der Waals surface area (Å²) in [6.45, 7) is 0.0193. The highest BCUT2D eigenvalue weighted by Crippen LogP contribution is 2.45. The van der Waals surface area contributed by atoms with Crippen LogP contribution < -0.4 is 0 Å². The molecule has 4 heterocycles. The molecular weight excluding hydrogens is 422 g/mol. The van der Waals surface area contributed by atoms with Crippen LogP contribution >= 0.6 is 34.0 Å². The van der Waals surface area contributed by atoms with Crippen molar-refractivity contribution in [2.24, 2.45) is 0 Å². The van der Waals surface area contributed by atoms with Gasteiger partial charge < -0.3 is 15.1 Å². The molecule has 0 fully saturated rings. The second-order valence-corrected chi connectivity index (χ2v) is 9.51. The molecule has 1 amide bonds. The van der Waals surface area contributed by atoms with E-state index in [1.807, 2.05) is 46.5 Å². The Bertz CT molecular complexity index is 1160. The zero-order chi connectivity index (χ0) is 20.9. The number of thiophene rings is 3. The van der Waals surface area contributed by atoms with Gasteiger partial charge in [0.05, 0.1) is 12.8 Å². The second kappa shape index (κ2) is 7.19. The van der Waals surface area contributed by atoms with E-state index in [4.69, 9.17) is 1.37 Å². The van der Waals surface area contributed by atoms with Crippen LogP contribution in [-0.4, -0.2) is 21.0 Å². The van der Waals surface area contributed by atoms with Crippen molar-refractivity contribution in [3.63, 3.8) is 0 Å². The fraction of sp³-hybridized carbons (Fsp3) is 0.136. The van der Waals surface area contributed by atoms with Gasteiger partial charge in [0.1, 0.15) is 0 Å². The van der Waals surface area contributed by atoms with Gasteiger partial charge in [-0.3, -0.25) is 4.79 Å². The topological polar surface area (TPSA) is 60.8 Å². The van der Waals surface area contributed by atoms with Gasteiger partial charge in [-0.05, 0) is 46.0 Å². The molecule has 0 radical (unpaired) electrons. The summed E-state index contributed by atoms with van der Waals surface area (Å²) in [5.41, 5.74) is -0.0324. The highest BCUT2D eigenvalue weighted by Gasteiger charge is 2.41. The molecular formula is C22H17NO3S3. The Morgan fingerprint density at radius 2 is 1.66 bits per heavy atom. The summed E-state index contributed by atoms with van der Waals surface area (Å²) in [7, 11) is 0. The highest BCUT2D eigenvalue weighted by atomic mass is 32.1. The minimum atomic E-state index is -2.16. The average molecular weight is 441 g/mol. The van der Waals surface area contributed by atoms with Crippen LogP contribution in [0.5, 0.6) is 0 Å². The predicted octanol–water partition coefficient (Wildman–Crippen LogP) is 4.80. The lowest BCUT2D eigenvalue weighted by molar-refractivity contribution is 0.0132. The summed E-state index contributed by atoms with van der Waals surface area (Å²) < 4.78 is 8.47. The molecule has 1 aliphatic rings. The van der Waals surface area contributed by atoms with Crippen molar-refractivity contribution in [2.75, 3.05) is 0 Å². The van der Waals surface area contributed by atoms with Crippen molar-refractivity contribution in [1.29, 1.82) is 0 Å². The Kier molecular flexibility index (Phi) is 4.36. The molecule has 0 aliphatic carbocycles. The maximum atomic E-state index is 12.9. The molecule has 0 bridgehead atoms. The Morgan fingerprint density at radius 1 is 0.966 bits per heavy atom. The average Bonchev–Trinajstić information content (AvgIpc) is 3.54. The first kappa shape index (κ1) is 17.6. The van der Waals surface area contributed by atoms with Gasteiger partial charge in [0.2, 0.25) is 0 Å². The van der Waals surface area contributed by atoms with Crippen LogP contribution in [0.1, 0.15) is 43.7 Å². The first-order chi connectivity index (χ1) is 14.4. The van der Waals surface area contributed by atoms with Crippen molar-refractivity contribution in [3.05, 3.63) is 102 Å². The van der Waals surface area contributed by atoms with Crippen molar-refractivity contribution in [2.45, 2.75) is 18.3 Å². The van der Waals surface area contributed by atoms with Crippen molar-refractivity contribution in [1.82, 2.24) is 4.90 Å². The lowest BCUT2D eigenvalue weighted by Gasteiger charge is -2.28. The molecule has 146 valence electrons. The molecule has 5 rings (SSSR count). The molecule has 4 nitrogen and oxygen atoms in total. The van der Waals surface area contributed by atoms with Crippen LogP contribution in [0.3, 0.4) is 0 Å². The van der Waals surface area contributed by atoms with Crippen LogP contribution in [-0.2, 0) is 12.1 Å². The third kappa shape index (κ3) is 2.89. The Morgan fingerprint density at radius 3 is 2.28 bits per heavy atom. The number of nitrogens with zero attached hydrogens (tertiary/aromatic N) is 1. The number of carbonyl (C=O) groups excluding carboxylic acids is 1. The molecule has 1 unspecified atom stereocenters. The molecule has 2 N–H and O–H groups in total. The maximum Gasteiger partial charge on any atom is 0.256 e. The summed E-state index contributed by atoms with van der Waals surface area (Å²) in [4.78, 5) is 16.3.